The molecule has 1 aliphatic rings. The van der Waals surface area contributed by atoms with Crippen LogP contribution in [0.4, 0.5) is 0 Å². The fourth-order valence-electron chi connectivity index (χ4n) is 2.57. The van der Waals surface area contributed by atoms with E-state index in [0.29, 0.717) is 18.4 Å². The Morgan fingerprint density at radius 3 is 2.86 bits per heavy atom. The topological polar surface area (TPSA) is 50.4 Å². The molecule has 0 bridgehead atoms. The molecule has 2 unspecified atom stereocenters. The molecule has 22 heavy (non-hydrogen) atoms. The fourth-order valence-corrected chi connectivity index (χ4v) is 3.52. The van der Waals surface area contributed by atoms with E-state index in [0.717, 1.165) is 36.8 Å². The molecule has 0 radical (unpaired) electrons. The summed E-state index contributed by atoms with van der Waals surface area (Å²) in [5.41, 5.74) is 1.28. The number of carbonyl (C=O) groups excluding carboxylic acids is 1. The van der Waals surface area contributed by atoms with Gasteiger partial charge in [-0.15, -0.1) is 0 Å². The van der Waals surface area contributed by atoms with Crippen molar-refractivity contribution in [3.8, 4) is 5.75 Å². The maximum absolute atomic E-state index is 11.9. The Hall–Kier alpha value is -1.20. The number of methoxy groups -OCH3 is 1. The quantitative estimate of drug-likeness (QED) is 0.809. The lowest BCUT2D eigenvalue weighted by Crippen LogP contribution is -2.41. The summed E-state index contributed by atoms with van der Waals surface area (Å²) in [6, 6.07) is 8.48. The van der Waals surface area contributed by atoms with E-state index in [1.54, 1.807) is 7.11 Å². The van der Waals surface area contributed by atoms with E-state index in [4.69, 9.17) is 4.74 Å². The first-order valence-electron chi connectivity index (χ1n) is 7.91. The molecular weight excluding hydrogens is 296 g/mol. The van der Waals surface area contributed by atoms with Crippen LogP contribution >= 0.6 is 11.8 Å². The average Bonchev–Trinajstić information content (AvgIpc) is 2.55. The van der Waals surface area contributed by atoms with Crippen LogP contribution in [-0.2, 0) is 4.79 Å². The summed E-state index contributed by atoms with van der Waals surface area (Å²) in [6.07, 6.45) is 1.54. The standard InChI is InChI=1S/C17H26N2O2S/c1-13(14-3-5-16(21-2)6-4-14)7-8-19-17(20)11-15-12-22-10-9-18-15/h3-6,13,15,18H,7-12H2,1-2H3,(H,19,20). The first-order valence-corrected chi connectivity index (χ1v) is 9.06. The first kappa shape index (κ1) is 17.2. The Kier molecular flexibility index (Phi) is 7.06. The van der Waals surface area contributed by atoms with Crippen molar-refractivity contribution in [1.82, 2.24) is 10.6 Å². The Morgan fingerprint density at radius 2 is 2.23 bits per heavy atom. The molecule has 1 aromatic carbocycles. The molecule has 2 N–H and O–H groups in total. The van der Waals surface area contributed by atoms with Crippen LogP contribution in [-0.4, -0.2) is 43.7 Å². The van der Waals surface area contributed by atoms with Gasteiger partial charge in [0.15, 0.2) is 0 Å². The highest BCUT2D eigenvalue weighted by Gasteiger charge is 2.16. The number of hydrogen-bond acceptors (Lipinski definition) is 4. The van der Waals surface area contributed by atoms with Gasteiger partial charge < -0.3 is 15.4 Å². The van der Waals surface area contributed by atoms with Gasteiger partial charge in [0.1, 0.15) is 5.75 Å². The second kappa shape index (κ2) is 9.06. The molecule has 0 aromatic heterocycles. The lowest BCUT2D eigenvalue weighted by atomic mass is 9.98. The minimum absolute atomic E-state index is 0.155. The normalized spacial score (nSPS) is 19.5. The molecule has 1 saturated heterocycles. The Labute approximate surface area is 137 Å². The molecule has 1 fully saturated rings. The zero-order chi connectivity index (χ0) is 15.8. The van der Waals surface area contributed by atoms with Gasteiger partial charge in [0, 0.05) is 37.1 Å². The highest BCUT2D eigenvalue weighted by molar-refractivity contribution is 7.99. The third-order valence-electron chi connectivity index (χ3n) is 4.01. The van der Waals surface area contributed by atoms with Crippen LogP contribution in [0.15, 0.2) is 24.3 Å². The van der Waals surface area contributed by atoms with Gasteiger partial charge in [-0.1, -0.05) is 19.1 Å². The number of hydrogen-bond donors (Lipinski definition) is 2. The number of carbonyl (C=O) groups is 1. The van der Waals surface area contributed by atoms with E-state index in [1.807, 2.05) is 23.9 Å². The SMILES string of the molecule is COc1ccc(C(C)CCNC(=O)CC2CSCCN2)cc1. The van der Waals surface area contributed by atoms with Gasteiger partial charge in [0.2, 0.25) is 5.91 Å². The van der Waals surface area contributed by atoms with Crippen LogP contribution in [0.5, 0.6) is 5.75 Å². The number of ether oxygens (including phenoxy) is 1. The number of thioether (sulfide) groups is 1. The van der Waals surface area contributed by atoms with Gasteiger partial charge >= 0.3 is 0 Å². The summed E-state index contributed by atoms with van der Waals surface area (Å²) in [4.78, 5) is 11.9. The minimum Gasteiger partial charge on any atom is -0.497 e. The number of nitrogens with one attached hydrogen (secondary N) is 2. The van der Waals surface area contributed by atoms with Gasteiger partial charge in [-0.25, -0.2) is 0 Å². The van der Waals surface area contributed by atoms with Crippen molar-refractivity contribution in [2.45, 2.75) is 31.7 Å². The smallest absolute Gasteiger partial charge is 0.221 e. The molecule has 5 heteroatoms. The van der Waals surface area contributed by atoms with E-state index in [-0.39, 0.29) is 5.91 Å². The van der Waals surface area contributed by atoms with Gasteiger partial charge in [-0.05, 0) is 30.0 Å². The van der Waals surface area contributed by atoms with E-state index < -0.39 is 0 Å². The van der Waals surface area contributed by atoms with Gasteiger partial charge in [-0.3, -0.25) is 4.79 Å². The molecule has 0 spiro atoms. The Balaban J connectivity index is 1.67. The molecule has 0 aliphatic carbocycles. The summed E-state index contributed by atoms with van der Waals surface area (Å²) in [7, 11) is 1.67. The summed E-state index contributed by atoms with van der Waals surface area (Å²) in [5, 5.41) is 6.43. The third kappa shape index (κ3) is 5.54. The van der Waals surface area contributed by atoms with E-state index in [9.17, 15) is 4.79 Å². The fraction of sp³-hybridized carbons (Fsp3) is 0.588. The van der Waals surface area contributed by atoms with Crippen LogP contribution in [0.1, 0.15) is 31.2 Å². The summed E-state index contributed by atoms with van der Waals surface area (Å²) < 4.78 is 5.17. The second-order valence-corrected chi connectivity index (χ2v) is 6.89. The number of benzene rings is 1. The highest BCUT2D eigenvalue weighted by atomic mass is 32.2. The van der Waals surface area contributed by atoms with Crippen molar-refractivity contribution in [1.29, 1.82) is 0 Å². The summed E-state index contributed by atoms with van der Waals surface area (Å²) in [5.74, 6) is 3.64. The molecule has 2 atom stereocenters. The third-order valence-corrected chi connectivity index (χ3v) is 5.15. The Bertz CT molecular complexity index is 458. The van der Waals surface area contributed by atoms with Gasteiger partial charge in [0.05, 0.1) is 7.11 Å². The lowest BCUT2D eigenvalue weighted by molar-refractivity contribution is -0.121. The van der Waals surface area contributed by atoms with Gasteiger partial charge in [0.25, 0.3) is 0 Å². The number of rotatable bonds is 7. The number of amides is 1. The average molecular weight is 322 g/mol. The summed E-state index contributed by atoms with van der Waals surface area (Å²) >= 11 is 1.92. The van der Waals surface area contributed by atoms with E-state index >= 15 is 0 Å². The molecule has 1 amide bonds. The molecule has 122 valence electrons. The van der Waals surface area contributed by atoms with E-state index in [2.05, 4.69) is 29.7 Å². The minimum atomic E-state index is 0.155. The zero-order valence-electron chi connectivity index (χ0n) is 13.4. The van der Waals surface area contributed by atoms with Crippen molar-refractivity contribution in [2.75, 3.05) is 31.7 Å². The predicted molar refractivity (Wildman–Crippen MR) is 92.8 cm³/mol. The monoisotopic (exact) mass is 322 g/mol. The largest absolute Gasteiger partial charge is 0.497 e. The van der Waals surface area contributed by atoms with Gasteiger partial charge in [-0.2, -0.15) is 11.8 Å². The van der Waals surface area contributed by atoms with Crippen molar-refractivity contribution in [2.24, 2.45) is 0 Å². The Morgan fingerprint density at radius 1 is 1.45 bits per heavy atom. The van der Waals surface area contributed by atoms with Crippen molar-refractivity contribution in [3.63, 3.8) is 0 Å². The lowest BCUT2D eigenvalue weighted by Gasteiger charge is -2.22. The van der Waals surface area contributed by atoms with Crippen molar-refractivity contribution < 1.29 is 9.53 Å². The first-order chi connectivity index (χ1) is 10.7. The van der Waals surface area contributed by atoms with Crippen molar-refractivity contribution in [3.05, 3.63) is 29.8 Å². The van der Waals surface area contributed by atoms with Crippen LogP contribution in [0.3, 0.4) is 0 Å². The summed E-state index contributed by atoms with van der Waals surface area (Å²) in [6.45, 7) is 3.93. The van der Waals surface area contributed by atoms with E-state index in [1.165, 1.54) is 5.56 Å². The van der Waals surface area contributed by atoms with Crippen LogP contribution in [0.2, 0.25) is 0 Å². The predicted octanol–water partition coefficient (Wildman–Crippen LogP) is 2.40. The second-order valence-electron chi connectivity index (χ2n) is 5.74. The zero-order valence-corrected chi connectivity index (χ0v) is 14.2. The molecule has 0 saturated carbocycles. The molecule has 1 heterocycles. The van der Waals surface area contributed by atoms with Crippen molar-refractivity contribution >= 4 is 17.7 Å². The molecule has 4 nitrogen and oxygen atoms in total. The van der Waals surface area contributed by atoms with Crippen LogP contribution < -0.4 is 15.4 Å². The molecule has 2 rings (SSSR count). The van der Waals surface area contributed by atoms with Crippen LogP contribution in [0.25, 0.3) is 0 Å². The van der Waals surface area contributed by atoms with Crippen LogP contribution in [0, 0.1) is 0 Å². The highest BCUT2D eigenvalue weighted by Crippen LogP contribution is 2.21. The maximum Gasteiger partial charge on any atom is 0.221 e. The molecule has 1 aromatic rings. The molecule has 1 aliphatic heterocycles. The maximum atomic E-state index is 11.9. The molecular formula is C17H26N2O2S.